The number of phenolic OH excluding ortho intramolecular Hbond substituents is 1. The lowest BCUT2D eigenvalue weighted by atomic mass is 9.58. The van der Waals surface area contributed by atoms with E-state index in [0.717, 1.165) is 13.0 Å². The molecule has 3 aliphatic carbocycles. The van der Waals surface area contributed by atoms with E-state index in [0.29, 0.717) is 29.8 Å². The molecule has 0 heterocycles. The van der Waals surface area contributed by atoms with Crippen molar-refractivity contribution < 1.29 is 44.0 Å². The first-order valence-electron chi connectivity index (χ1n) is 14.5. The molecule has 0 unspecified atom stereocenters. The van der Waals surface area contributed by atoms with Gasteiger partial charge >= 0.3 is 0 Å². The van der Waals surface area contributed by atoms with Crippen molar-refractivity contribution in [1.82, 2.24) is 15.1 Å². The number of benzene rings is 2. The molecule has 2 aromatic rings. The van der Waals surface area contributed by atoms with E-state index < -0.39 is 75.4 Å². The van der Waals surface area contributed by atoms with Crippen molar-refractivity contribution in [2.45, 2.75) is 31.4 Å². The van der Waals surface area contributed by atoms with Crippen LogP contribution in [-0.4, -0.2) is 106 Å². The van der Waals surface area contributed by atoms with Gasteiger partial charge in [0.1, 0.15) is 28.7 Å². The van der Waals surface area contributed by atoms with Gasteiger partial charge in [-0.05, 0) is 88.8 Å². The van der Waals surface area contributed by atoms with Crippen molar-refractivity contribution in [1.29, 1.82) is 0 Å². The molecule has 45 heavy (non-hydrogen) atoms. The monoisotopic (exact) mass is 621 g/mol. The van der Waals surface area contributed by atoms with E-state index in [1.807, 2.05) is 19.0 Å². The quantitative estimate of drug-likeness (QED) is 0.290. The lowest BCUT2D eigenvalue weighted by molar-refractivity contribution is -0.148. The molecule has 11 nitrogen and oxygen atoms in total. The molecule has 0 saturated heterocycles. The smallest absolute Gasteiger partial charge is 0.254 e. The van der Waals surface area contributed by atoms with Crippen LogP contribution in [0.1, 0.15) is 39.6 Å². The van der Waals surface area contributed by atoms with Crippen molar-refractivity contribution >= 4 is 23.3 Å². The van der Waals surface area contributed by atoms with Crippen molar-refractivity contribution in [2.75, 3.05) is 41.3 Å². The lowest BCUT2D eigenvalue weighted by Crippen LogP contribution is -2.63. The molecular weight excluding hydrogens is 585 g/mol. The lowest BCUT2D eigenvalue weighted by Gasteiger charge is -2.50. The van der Waals surface area contributed by atoms with Gasteiger partial charge in [0.2, 0.25) is 5.78 Å². The molecule has 0 saturated carbocycles. The number of fused-ring (bicyclic) bond motifs is 3. The average Bonchev–Trinajstić information content (AvgIpc) is 2.95. The third kappa shape index (κ3) is 5.02. The Labute approximate surface area is 259 Å². The summed E-state index contributed by atoms with van der Waals surface area (Å²) in [5.74, 6) is -7.89. The van der Waals surface area contributed by atoms with Gasteiger partial charge in [-0.1, -0.05) is 12.1 Å². The number of carbonyl (C=O) groups is 4. The van der Waals surface area contributed by atoms with E-state index in [2.05, 4.69) is 5.32 Å². The molecule has 0 spiro atoms. The van der Waals surface area contributed by atoms with Gasteiger partial charge in [0.05, 0.1) is 17.2 Å². The van der Waals surface area contributed by atoms with Crippen molar-refractivity contribution in [3.05, 3.63) is 75.5 Å². The minimum atomic E-state index is -2.67. The Kier molecular flexibility index (Phi) is 8.19. The number of ketones is 3. The summed E-state index contributed by atoms with van der Waals surface area (Å²) >= 11 is 0. The molecular formula is C33H36FN3O8. The number of amides is 1. The van der Waals surface area contributed by atoms with Gasteiger partial charge in [-0.3, -0.25) is 24.1 Å². The summed E-state index contributed by atoms with van der Waals surface area (Å²) in [4.78, 5) is 56.1. The average molecular weight is 622 g/mol. The highest BCUT2D eigenvalue weighted by molar-refractivity contribution is 6.25. The zero-order valence-electron chi connectivity index (χ0n) is 25.6. The van der Waals surface area contributed by atoms with Crippen LogP contribution < -0.4 is 5.32 Å². The van der Waals surface area contributed by atoms with E-state index in [1.165, 1.54) is 23.1 Å². The summed E-state index contributed by atoms with van der Waals surface area (Å²) < 4.78 is 14.8. The molecule has 0 bridgehead atoms. The van der Waals surface area contributed by atoms with E-state index in [-0.39, 0.29) is 29.5 Å². The Morgan fingerprint density at radius 3 is 2.38 bits per heavy atom. The highest BCUT2D eigenvalue weighted by atomic mass is 19.1. The van der Waals surface area contributed by atoms with Crippen LogP contribution in [-0.2, 0) is 16.0 Å². The topological polar surface area (TPSA) is 168 Å². The van der Waals surface area contributed by atoms with Crippen molar-refractivity contribution in [2.24, 2.45) is 11.8 Å². The molecule has 4 atom stereocenters. The molecule has 5 rings (SSSR count). The van der Waals surface area contributed by atoms with E-state index in [9.17, 15) is 44.0 Å². The fraction of sp³-hybridized carbons (Fsp3) is 0.394. The highest BCUT2D eigenvalue weighted by Crippen LogP contribution is 2.53. The molecule has 12 heteroatoms. The third-order valence-corrected chi connectivity index (χ3v) is 9.08. The molecule has 3 aliphatic rings. The van der Waals surface area contributed by atoms with Crippen LogP contribution >= 0.6 is 0 Å². The van der Waals surface area contributed by atoms with Crippen molar-refractivity contribution in [3.63, 3.8) is 0 Å². The number of nitrogens with one attached hydrogen (secondary N) is 1. The van der Waals surface area contributed by atoms with Gasteiger partial charge < -0.3 is 30.6 Å². The van der Waals surface area contributed by atoms with E-state index >= 15 is 0 Å². The van der Waals surface area contributed by atoms with Crippen LogP contribution in [0.4, 0.5) is 4.39 Å². The molecule has 1 amide bonds. The number of hydrogen-bond acceptors (Lipinski definition) is 10. The van der Waals surface area contributed by atoms with Crippen LogP contribution in [0.25, 0.3) is 11.1 Å². The second-order valence-corrected chi connectivity index (χ2v) is 12.4. The normalized spacial score (nSPS) is 24.5. The summed E-state index contributed by atoms with van der Waals surface area (Å²) in [7, 11) is 6.85. The molecule has 2 aromatic carbocycles. The molecule has 5 N–H and O–H groups in total. The number of aliphatic hydroxyl groups is 3. The maximum Gasteiger partial charge on any atom is 0.254 e. The zero-order valence-corrected chi connectivity index (χ0v) is 25.6. The zero-order chi connectivity index (χ0) is 33.1. The fourth-order valence-corrected chi connectivity index (χ4v) is 6.98. The Hall–Kier alpha value is -4.39. The summed E-state index contributed by atoms with van der Waals surface area (Å²) in [5.41, 5.74) is -2.70. The second kappa shape index (κ2) is 11.5. The minimum absolute atomic E-state index is 0.0387. The van der Waals surface area contributed by atoms with Crippen LogP contribution in [0.15, 0.2) is 53.0 Å². The Morgan fingerprint density at radius 1 is 1.07 bits per heavy atom. The van der Waals surface area contributed by atoms with Crippen LogP contribution in [0.5, 0.6) is 5.75 Å². The summed E-state index contributed by atoms with van der Waals surface area (Å²) in [6.07, 6.45) is 0.0276. The SMILES string of the molecule is CC(=O)C1=C(O)[C@@H](N(C)C)[C@@H]2C[C@@H]3Cc4c(-c5ccc(F)c(C(=O)NCCN(C)C)c5)ccc(O)c4C(=O)C3=C(O)[C@]2(O)C1=O. The molecule has 0 fully saturated rings. The van der Waals surface area contributed by atoms with Crippen LogP contribution in [0.3, 0.4) is 0 Å². The molecule has 0 aromatic heterocycles. The van der Waals surface area contributed by atoms with Gasteiger partial charge in [-0.25, -0.2) is 4.39 Å². The highest BCUT2D eigenvalue weighted by Gasteiger charge is 2.63. The minimum Gasteiger partial charge on any atom is -0.510 e. The maximum absolute atomic E-state index is 14.8. The Balaban J connectivity index is 1.62. The number of carbonyl (C=O) groups excluding carboxylic acids is 4. The molecule has 238 valence electrons. The first kappa shape index (κ1) is 32.0. The van der Waals surface area contributed by atoms with Gasteiger partial charge in [0.25, 0.3) is 5.91 Å². The number of aromatic hydroxyl groups is 1. The first-order chi connectivity index (χ1) is 21.1. The predicted octanol–water partition coefficient (Wildman–Crippen LogP) is 2.32. The third-order valence-electron chi connectivity index (χ3n) is 9.08. The second-order valence-electron chi connectivity index (χ2n) is 12.4. The predicted molar refractivity (Wildman–Crippen MR) is 161 cm³/mol. The molecule has 0 radical (unpaired) electrons. The Morgan fingerprint density at radius 2 is 1.76 bits per heavy atom. The van der Waals surface area contributed by atoms with Crippen LogP contribution in [0.2, 0.25) is 0 Å². The maximum atomic E-state index is 14.8. The summed E-state index contributed by atoms with van der Waals surface area (Å²) in [5, 5.41) is 47.9. The number of nitrogens with zero attached hydrogens (tertiary/aromatic N) is 2. The standard InChI is InChI=1S/C33H36FN3O8/c1-15(38)24-29(41)27(37(4)5)21-14-17-13-19-18(16-6-8-22(34)20(12-16)32(44)35-10-11-36(2)3)7-9-23(39)26(19)28(40)25(17)31(43)33(21,45)30(24)42/h6-9,12,17,21,27,39,41,43,45H,10-11,13-14H2,1-5H3,(H,35,44)/t17-,21-,27-,33+/m0/s1. The number of Topliss-reactive ketones (excluding diaryl/α,β-unsaturated/α-hetero) is 3. The fourth-order valence-electron chi connectivity index (χ4n) is 6.98. The van der Waals surface area contributed by atoms with Crippen molar-refractivity contribution in [3.8, 4) is 16.9 Å². The van der Waals surface area contributed by atoms with Gasteiger partial charge in [-0.15, -0.1) is 0 Å². The number of allylic oxidation sites excluding steroid dienone is 1. The Bertz CT molecular complexity index is 1710. The van der Waals surface area contributed by atoms with E-state index in [1.54, 1.807) is 20.2 Å². The number of aliphatic hydroxyl groups excluding tert-OH is 2. The van der Waals surface area contributed by atoms with Gasteiger partial charge in [0, 0.05) is 24.6 Å². The summed E-state index contributed by atoms with van der Waals surface area (Å²) in [6, 6.07) is 5.76. The van der Waals surface area contributed by atoms with E-state index in [4.69, 9.17) is 0 Å². The molecule has 0 aliphatic heterocycles. The van der Waals surface area contributed by atoms with Crippen LogP contribution in [0, 0.1) is 17.7 Å². The first-order valence-corrected chi connectivity index (χ1v) is 14.5. The number of rotatable bonds is 7. The number of halogens is 1. The van der Waals surface area contributed by atoms with Gasteiger partial charge in [-0.2, -0.15) is 0 Å². The number of likely N-dealkylation sites (N-methyl/N-ethyl adjacent to an activating group) is 2. The number of phenols is 1. The summed E-state index contributed by atoms with van der Waals surface area (Å²) in [6.45, 7) is 1.90. The van der Waals surface area contributed by atoms with Gasteiger partial charge in [0.15, 0.2) is 17.2 Å². The number of hydrogen-bond donors (Lipinski definition) is 5. The largest absolute Gasteiger partial charge is 0.510 e.